The minimum absolute atomic E-state index is 0.0941. The summed E-state index contributed by atoms with van der Waals surface area (Å²) in [6.45, 7) is 8.06. The van der Waals surface area contributed by atoms with E-state index in [0.29, 0.717) is 37.9 Å². The summed E-state index contributed by atoms with van der Waals surface area (Å²) in [4.78, 5) is 30.4. The minimum Gasteiger partial charge on any atom is -0.467 e. The normalized spacial score (nSPS) is 22.3. The number of rotatable bonds is 4. The van der Waals surface area contributed by atoms with E-state index in [1.165, 1.54) is 16.7 Å². The van der Waals surface area contributed by atoms with Gasteiger partial charge in [0.25, 0.3) is 11.5 Å². The van der Waals surface area contributed by atoms with Crippen molar-refractivity contribution in [1.29, 1.82) is 5.26 Å². The second kappa shape index (κ2) is 9.20. The van der Waals surface area contributed by atoms with Gasteiger partial charge in [-0.2, -0.15) is 5.26 Å². The first kappa shape index (κ1) is 23.3. The Labute approximate surface area is 202 Å². The summed E-state index contributed by atoms with van der Waals surface area (Å²) < 4.78 is 7.38. The average Bonchev–Trinajstić information content (AvgIpc) is 3.36. The van der Waals surface area contributed by atoms with Crippen LogP contribution in [0.5, 0.6) is 0 Å². The van der Waals surface area contributed by atoms with E-state index >= 15 is 0 Å². The zero-order chi connectivity index (χ0) is 23.9. The van der Waals surface area contributed by atoms with Crippen LogP contribution < -0.4 is 10.5 Å². The Hall–Kier alpha value is -2.83. The van der Waals surface area contributed by atoms with Crippen LogP contribution in [0.3, 0.4) is 0 Å². The first-order chi connectivity index (χ1) is 15.7. The SMILES string of the molecule is Cc1c(C=C2SC(=S)N(Cc3ccco3)C2=O)c(N2CC(C)CC(C)C2)n(C)c(=O)c1C#N. The molecule has 0 N–H and O–H groups in total. The lowest BCUT2D eigenvalue weighted by Crippen LogP contribution is -2.42. The van der Waals surface area contributed by atoms with Gasteiger partial charge in [0.15, 0.2) is 0 Å². The molecule has 4 rings (SSSR count). The fourth-order valence-corrected chi connectivity index (χ4v) is 5.99. The second-order valence-electron chi connectivity index (χ2n) is 8.91. The number of carbonyl (C=O) groups excluding carboxylic acids is 1. The van der Waals surface area contributed by atoms with Crippen molar-refractivity contribution >= 4 is 46.1 Å². The zero-order valence-electron chi connectivity index (χ0n) is 19.1. The van der Waals surface area contributed by atoms with Gasteiger partial charge in [0.1, 0.15) is 27.5 Å². The number of aromatic nitrogens is 1. The van der Waals surface area contributed by atoms with Crippen LogP contribution in [-0.2, 0) is 18.4 Å². The Bertz CT molecular complexity index is 1230. The molecule has 0 spiro atoms. The Morgan fingerprint density at radius 3 is 2.61 bits per heavy atom. The summed E-state index contributed by atoms with van der Waals surface area (Å²) >= 11 is 6.69. The Morgan fingerprint density at radius 1 is 1.30 bits per heavy atom. The maximum atomic E-state index is 13.2. The van der Waals surface area contributed by atoms with Crippen LogP contribution in [-0.4, -0.2) is 32.8 Å². The maximum absolute atomic E-state index is 13.2. The van der Waals surface area contributed by atoms with Crippen molar-refractivity contribution in [1.82, 2.24) is 9.47 Å². The summed E-state index contributed by atoms with van der Waals surface area (Å²) in [5.41, 5.74) is 1.07. The van der Waals surface area contributed by atoms with Gasteiger partial charge >= 0.3 is 0 Å². The van der Waals surface area contributed by atoms with Crippen LogP contribution in [0.2, 0.25) is 0 Å². The fourth-order valence-electron chi connectivity index (χ4n) is 4.76. The topological polar surface area (TPSA) is 82.5 Å². The van der Waals surface area contributed by atoms with Crippen LogP contribution in [0.25, 0.3) is 6.08 Å². The molecule has 4 heterocycles. The molecule has 9 heteroatoms. The van der Waals surface area contributed by atoms with Gasteiger partial charge in [0.2, 0.25) is 0 Å². The van der Waals surface area contributed by atoms with Gasteiger partial charge in [-0.1, -0.05) is 37.8 Å². The molecule has 2 fully saturated rings. The number of anilines is 1. The number of thioether (sulfide) groups is 1. The zero-order valence-corrected chi connectivity index (χ0v) is 20.8. The average molecular weight is 483 g/mol. The van der Waals surface area contributed by atoms with E-state index in [1.807, 2.05) is 0 Å². The molecule has 2 aromatic heterocycles. The van der Waals surface area contributed by atoms with Crippen molar-refractivity contribution in [3.05, 3.63) is 56.1 Å². The van der Waals surface area contributed by atoms with Crippen LogP contribution >= 0.6 is 24.0 Å². The molecule has 2 saturated heterocycles. The fraction of sp³-hybridized carbons (Fsp3) is 0.417. The highest BCUT2D eigenvalue weighted by molar-refractivity contribution is 8.26. The Morgan fingerprint density at radius 2 is 2.00 bits per heavy atom. The van der Waals surface area contributed by atoms with Crippen molar-refractivity contribution in [2.24, 2.45) is 18.9 Å². The summed E-state index contributed by atoms with van der Waals surface area (Å²) in [5.74, 6) is 2.12. The molecule has 0 aliphatic carbocycles. The highest BCUT2D eigenvalue weighted by atomic mass is 32.2. The number of nitriles is 1. The summed E-state index contributed by atoms with van der Waals surface area (Å²) in [6, 6.07) is 5.63. The monoisotopic (exact) mass is 482 g/mol. The number of furan rings is 1. The number of hydrogen-bond donors (Lipinski definition) is 0. The van der Waals surface area contributed by atoms with Crippen molar-refractivity contribution in [2.45, 2.75) is 33.7 Å². The number of pyridine rings is 1. The molecule has 7 nitrogen and oxygen atoms in total. The van der Waals surface area contributed by atoms with Gasteiger partial charge in [-0.05, 0) is 49.0 Å². The maximum Gasteiger partial charge on any atom is 0.270 e. The van der Waals surface area contributed by atoms with E-state index in [4.69, 9.17) is 16.6 Å². The first-order valence-corrected chi connectivity index (χ1v) is 12.1. The van der Waals surface area contributed by atoms with E-state index < -0.39 is 0 Å². The van der Waals surface area contributed by atoms with Gasteiger partial charge in [-0.25, -0.2) is 0 Å². The number of nitrogens with zero attached hydrogens (tertiary/aromatic N) is 4. The van der Waals surface area contributed by atoms with Gasteiger partial charge in [0, 0.05) is 25.7 Å². The number of thiocarbonyl (C=S) groups is 1. The molecule has 172 valence electrons. The van der Waals surface area contributed by atoms with Crippen LogP contribution in [0.1, 0.15) is 42.7 Å². The predicted octanol–water partition coefficient (Wildman–Crippen LogP) is 4.04. The van der Waals surface area contributed by atoms with E-state index in [9.17, 15) is 14.9 Å². The number of amides is 1. The number of piperidine rings is 1. The summed E-state index contributed by atoms with van der Waals surface area (Å²) in [6.07, 6.45) is 4.48. The Kier molecular flexibility index (Phi) is 6.50. The van der Waals surface area contributed by atoms with E-state index in [1.54, 1.807) is 43.0 Å². The minimum atomic E-state index is -0.321. The molecule has 0 radical (unpaired) electrons. The van der Waals surface area contributed by atoms with Gasteiger partial charge < -0.3 is 9.32 Å². The molecule has 1 amide bonds. The van der Waals surface area contributed by atoms with Crippen molar-refractivity contribution in [2.75, 3.05) is 18.0 Å². The van der Waals surface area contributed by atoms with Gasteiger partial charge in [-0.3, -0.25) is 19.1 Å². The van der Waals surface area contributed by atoms with Crippen molar-refractivity contribution in [3.63, 3.8) is 0 Å². The largest absolute Gasteiger partial charge is 0.467 e. The molecular weight excluding hydrogens is 456 g/mol. The van der Waals surface area contributed by atoms with Crippen LogP contribution in [0.15, 0.2) is 32.5 Å². The van der Waals surface area contributed by atoms with Gasteiger partial charge in [0.05, 0.1) is 17.7 Å². The lowest BCUT2D eigenvalue weighted by atomic mass is 9.91. The molecule has 0 aromatic carbocycles. The molecule has 2 aliphatic rings. The van der Waals surface area contributed by atoms with Gasteiger partial charge in [-0.15, -0.1) is 0 Å². The predicted molar refractivity (Wildman–Crippen MR) is 134 cm³/mol. The van der Waals surface area contributed by atoms with Crippen molar-refractivity contribution < 1.29 is 9.21 Å². The lowest BCUT2D eigenvalue weighted by molar-refractivity contribution is -0.122. The van der Waals surface area contributed by atoms with E-state index in [0.717, 1.165) is 25.3 Å². The molecule has 2 aromatic rings. The third-order valence-electron chi connectivity index (χ3n) is 6.18. The smallest absolute Gasteiger partial charge is 0.270 e. The number of carbonyl (C=O) groups is 1. The number of hydrogen-bond acceptors (Lipinski definition) is 7. The third kappa shape index (κ3) is 4.37. The highest BCUT2D eigenvalue weighted by Crippen LogP contribution is 2.37. The second-order valence-corrected chi connectivity index (χ2v) is 10.6. The molecule has 2 unspecified atom stereocenters. The Balaban J connectivity index is 1.81. The molecule has 33 heavy (non-hydrogen) atoms. The molecule has 0 bridgehead atoms. The molecular formula is C24H26N4O3S2. The van der Waals surface area contributed by atoms with Crippen molar-refractivity contribution in [3.8, 4) is 6.07 Å². The van der Waals surface area contributed by atoms with Crippen LogP contribution in [0, 0.1) is 30.1 Å². The first-order valence-electron chi connectivity index (χ1n) is 10.9. The molecule has 0 saturated carbocycles. The summed E-state index contributed by atoms with van der Waals surface area (Å²) in [5, 5.41) is 9.66. The van der Waals surface area contributed by atoms with E-state index in [2.05, 4.69) is 24.8 Å². The quantitative estimate of drug-likeness (QED) is 0.480. The summed E-state index contributed by atoms with van der Waals surface area (Å²) in [7, 11) is 1.70. The van der Waals surface area contributed by atoms with Crippen LogP contribution in [0.4, 0.5) is 5.82 Å². The molecule has 2 atom stereocenters. The third-order valence-corrected chi connectivity index (χ3v) is 7.56. The highest BCUT2D eigenvalue weighted by Gasteiger charge is 2.34. The van der Waals surface area contributed by atoms with E-state index in [-0.39, 0.29) is 23.6 Å². The standard InChI is InChI=1S/C24H26N4O3S2/c1-14-8-15(2)12-27(11-14)21-18(16(3)19(10-25)22(29)26(21)4)9-20-23(30)28(24(32)33-20)13-17-6-5-7-31-17/h5-7,9,14-15H,8,11-13H2,1-4H3. The lowest BCUT2D eigenvalue weighted by Gasteiger charge is -2.38. The molecule has 2 aliphatic heterocycles.